The van der Waals surface area contributed by atoms with Gasteiger partial charge in [0.15, 0.2) is 0 Å². The van der Waals surface area contributed by atoms with E-state index in [1.54, 1.807) is 37.3 Å². The van der Waals surface area contributed by atoms with Gasteiger partial charge >= 0.3 is 0 Å². The predicted molar refractivity (Wildman–Crippen MR) is 131 cm³/mol. The molecular formula is C22H25N5O5S2. The monoisotopic (exact) mass is 503 g/mol. The average Bonchev–Trinajstić information content (AvgIpc) is 2.74. The number of hydrogen-bond acceptors (Lipinski definition) is 7. The van der Waals surface area contributed by atoms with E-state index >= 15 is 0 Å². The van der Waals surface area contributed by atoms with Crippen LogP contribution in [0.5, 0.6) is 0 Å². The summed E-state index contributed by atoms with van der Waals surface area (Å²) >= 11 is 0. The van der Waals surface area contributed by atoms with Crippen molar-refractivity contribution < 1.29 is 21.6 Å². The number of sulfonamides is 2. The van der Waals surface area contributed by atoms with Crippen LogP contribution in [0.4, 0.5) is 17.3 Å². The third-order valence-electron chi connectivity index (χ3n) is 4.83. The first-order valence-corrected chi connectivity index (χ1v) is 13.5. The minimum Gasteiger partial charge on any atom is -0.324 e. The largest absolute Gasteiger partial charge is 0.324 e. The topological polar surface area (TPSA) is 138 Å². The van der Waals surface area contributed by atoms with Crippen molar-refractivity contribution in [2.45, 2.75) is 31.7 Å². The van der Waals surface area contributed by atoms with Crippen LogP contribution in [0.2, 0.25) is 0 Å². The SMILES string of the molecule is Cc1ccc(N([C@@H](C)C(=O)Nc2ccc(S(=O)(=O)Nc3nccc(C)n3)cc2)S(C)(=O)=O)cc1. The van der Waals surface area contributed by atoms with Gasteiger partial charge in [0.1, 0.15) is 6.04 Å². The zero-order chi connectivity index (χ0) is 25.1. The molecule has 2 N–H and O–H groups in total. The molecule has 0 aliphatic heterocycles. The molecular weight excluding hydrogens is 478 g/mol. The van der Waals surface area contributed by atoms with E-state index in [4.69, 9.17) is 0 Å². The van der Waals surface area contributed by atoms with E-state index in [2.05, 4.69) is 20.0 Å². The zero-order valence-electron chi connectivity index (χ0n) is 19.1. The van der Waals surface area contributed by atoms with Crippen molar-refractivity contribution in [1.29, 1.82) is 0 Å². The summed E-state index contributed by atoms with van der Waals surface area (Å²) in [4.78, 5) is 20.7. The van der Waals surface area contributed by atoms with Crippen LogP contribution in [-0.2, 0) is 24.8 Å². The first-order chi connectivity index (χ1) is 15.9. The van der Waals surface area contributed by atoms with Crippen LogP contribution in [0.1, 0.15) is 18.2 Å². The molecule has 0 unspecified atom stereocenters. The highest BCUT2D eigenvalue weighted by Gasteiger charge is 2.29. The normalized spacial score (nSPS) is 12.6. The molecule has 0 radical (unpaired) electrons. The Morgan fingerprint density at radius 1 is 0.941 bits per heavy atom. The number of hydrogen-bond donors (Lipinski definition) is 2. The van der Waals surface area contributed by atoms with Gasteiger partial charge in [-0.3, -0.25) is 9.10 Å². The van der Waals surface area contributed by atoms with Crippen LogP contribution in [0.15, 0.2) is 65.7 Å². The molecule has 0 spiro atoms. The minimum atomic E-state index is -3.94. The van der Waals surface area contributed by atoms with E-state index in [-0.39, 0.29) is 10.8 Å². The van der Waals surface area contributed by atoms with Crippen molar-refractivity contribution >= 4 is 43.3 Å². The number of benzene rings is 2. The van der Waals surface area contributed by atoms with Crippen molar-refractivity contribution in [2.24, 2.45) is 0 Å². The predicted octanol–water partition coefficient (Wildman–Crippen LogP) is 2.69. The molecule has 0 aliphatic rings. The lowest BCUT2D eigenvalue weighted by molar-refractivity contribution is -0.116. The summed E-state index contributed by atoms with van der Waals surface area (Å²) in [6, 6.07) is 12.8. The number of carbonyl (C=O) groups excluding carboxylic acids is 1. The summed E-state index contributed by atoms with van der Waals surface area (Å²) in [5.41, 5.74) is 2.23. The second-order valence-electron chi connectivity index (χ2n) is 7.71. The molecule has 0 fully saturated rings. The van der Waals surface area contributed by atoms with Gasteiger partial charge in [-0.05, 0) is 63.2 Å². The molecule has 0 bridgehead atoms. The van der Waals surface area contributed by atoms with Gasteiger partial charge in [-0.1, -0.05) is 17.7 Å². The van der Waals surface area contributed by atoms with Gasteiger partial charge in [-0.2, -0.15) is 0 Å². The van der Waals surface area contributed by atoms with Gasteiger partial charge in [0, 0.05) is 17.6 Å². The Labute approximate surface area is 199 Å². The van der Waals surface area contributed by atoms with E-state index in [1.807, 2.05) is 6.92 Å². The van der Waals surface area contributed by atoms with E-state index in [9.17, 15) is 21.6 Å². The maximum Gasteiger partial charge on any atom is 0.264 e. The van der Waals surface area contributed by atoms with Gasteiger partial charge in [0.05, 0.1) is 16.8 Å². The van der Waals surface area contributed by atoms with E-state index in [0.29, 0.717) is 17.1 Å². The van der Waals surface area contributed by atoms with E-state index in [0.717, 1.165) is 16.1 Å². The molecule has 3 aromatic rings. The summed E-state index contributed by atoms with van der Waals surface area (Å²) < 4.78 is 53.3. The van der Waals surface area contributed by atoms with Crippen LogP contribution in [0.25, 0.3) is 0 Å². The molecule has 34 heavy (non-hydrogen) atoms. The van der Waals surface area contributed by atoms with Gasteiger partial charge < -0.3 is 5.32 Å². The minimum absolute atomic E-state index is 0.0526. The second kappa shape index (κ2) is 9.77. The third-order valence-corrected chi connectivity index (χ3v) is 7.42. The highest BCUT2D eigenvalue weighted by atomic mass is 32.2. The Morgan fingerprint density at radius 2 is 1.56 bits per heavy atom. The number of nitrogens with zero attached hydrogens (tertiary/aromatic N) is 3. The smallest absolute Gasteiger partial charge is 0.264 e. The molecule has 1 atom stereocenters. The fourth-order valence-electron chi connectivity index (χ4n) is 3.14. The molecule has 1 aromatic heterocycles. The van der Waals surface area contributed by atoms with Crippen LogP contribution in [-0.4, -0.2) is 45.0 Å². The van der Waals surface area contributed by atoms with E-state index < -0.39 is 32.0 Å². The van der Waals surface area contributed by atoms with Gasteiger partial charge in [0.2, 0.25) is 21.9 Å². The van der Waals surface area contributed by atoms with Gasteiger partial charge in [-0.25, -0.2) is 31.5 Å². The number of carbonyl (C=O) groups is 1. The number of anilines is 3. The van der Waals surface area contributed by atoms with E-state index in [1.165, 1.54) is 37.4 Å². The van der Waals surface area contributed by atoms with Crippen LogP contribution >= 0.6 is 0 Å². The Morgan fingerprint density at radius 3 is 2.12 bits per heavy atom. The Kier molecular flexibility index (Phi) is 7.22. The molecule has 10 nitrogen and oxygen atoms in total. The number of aryl methyl sites for hydroxylation is 2. The van der Waals surface area contributed by atoms with Crippen molar-refractivity contribution in [3.05, 3.63) is 72.1 Å². The summed E-state index contributed by atoms with van der Waals surface area (Å²) in [7, 11) is -7.69. The standard InChI is InChI=1S/C22H25N5O5S2/c1-15-5-9-19(10-6-15)27(33(4,29)30)17(3)21(28)25-18-7-11-20(12-8-18)34(31,32)26-22-23-14-13-16(2)24-22/h5-14,17H,1-4H3,(H,25,28)(H,23,24,26)/t17-/m0/s1. The fourth-order valence-corrected chi connectivity index (χ4v) is 5.27. The maximum atomic E-state index is 12.8. The van der Waals surface area contributed by atoms with Crippen LogP contribution in [0.3, 0.4) is 0 Å². The van der Waals surface area contributed by atoms with Gasteiger partial charge in [-0.15, -0.1) is 0 Å². The Bertz CT molecular complexity index is 1390. The number of nitrogens with one attached hydrogen (secondary N) is 2. The van der Waals surface area contributed by atoms with Crippen LogP contribution in [0, 0.1) is 13.8 Å². The second-order valence-corrected chi connectivity index (χ2v) is 11.3. The lowest BCUT2D eigenvalue weighted by Crippen LogP contribution is -2.45. The first-order valence-electron chi connectivity index (χ1n) is 10.2. The summed E-state index contributed by atoms with van der Waals surface area (Å²) in [5, 5.41) is 2.63. The lowest BCUT2D eigenvalue weighted by atomic mass is 10.2. The van der Waals surface area contributed by atoms with Gasteiger partial charge in [0.25, 0.3) is 10.0 Å². The molecule has 0 saturated heterocycles. The Balaban J connectivity index is 1.76. The quantitative estimate of drug-likeness (QED) is 0.482. The zero-order valence-corrected chi connectivity index (χ0v) is 20.7. The summed E-state index contributed by atoms with van der Waals surface area (Å²) in [6.07, 6.45) is 2.47. The average molecular weight is 504 g/mol. The maximum absolute atomic E-state index is 12.8. The highest BCUT2D eigenvalue weighted by molar-refractivity contribution is 7.92. The number of aromatic nitrogens is 2. The summed E-state index contributed by atoms with van der Waals surface area (Å²) in [6.45, 7) is 5.06. The number of rotatable bonds is 8. The third kappa shape index (κ3) is 6.08. The van der Waals surface area contributed by atoms with Crippen molar-refractivity contribution in [3.8, 4) is 0 Å². The molecule has 180 valence electrons. The fraction of sp³-hybridized carbons (Fsp3) is 0.227. The van der Waals surface area contributed by atoms with Crippen LogP contribution < -0.4 is 14.3 Å². The molecule has 3 rings (SSSR count). The van der Waals surface area contributed by atoms with Crippen molar-refractivity contribution in [1.82, 2.24) is 9.97 Å². The number of amides is 1. The van der Waals surface area contributed by atoms with Crippen molar-refractivity contribution in [2.75, 3.05) is 20.6 Å². The molecule has 1 amide bonds. The molecule has 0 aliphatic carbocycles. The highest BCUT2D eigenvalue weighted by Crippen LogP contribution is 2.23. The summed E-state index contributed by atoms with van der Waals surface area (Å²) in [5.74, 6) is -0.629. The molecule has 12 heteroatoms. The lowest BCUT2D eigenvalue weighted by Gasteiger charge is -2.28. The molecule has 2 aromatic carbocycles. The molecule has 0 saturated carbocycles. The first kappa shape index (κ1) is 25.1. The Hall–Kier alpha value is -3.51. The van der Waals surface area contributed by atoms with Crippen molar-refractivity contribution in [3.63, 3.8) is 0 Å². The molecule has 1 heterocycles.